The van der Waals surface area contributed by atoms with Gasteiger partial charge in [-0.3, -0.25) is 4.90 Å². The molecule has 1 heterocycles. The summed E-state index contributed by atoms with van der Waals surface area (Å²) < 4.78 is 53.7. The van der Waals surface area contributed by atoms with E-state index in [1.54, 1.807) is 18.2 Å². The van der Waals surface area contributed by atoms with Gasteiger partial charge in [0.15, 0.2) is 0 Å². The molecule has 2 aliphatic rings. The van der Waals surface area contributed by atoms with Crippen LogP contribution in [0, 0.1) is 5.82 Å². The molecule has 1 aliphatic carbocycles. The van der Waals surface area contributed by atoms with Gasteiger partial charge in [-0.05, 0) is 69.9 Å². The Labute approximate surface area is 218 Å². The first-order chi connectivity index (χ1) is 17.2. The molecule has 2 fully saturated rings. The van der Waals surface area contributed by atoms with Crippen LogP contribution in [0.3, 0.4) is 0 Å². The van der Waals surface area contributed by atoms with E-state index in [-0.39, 0.29) is 28.6 Å². The molecule has 0 radical (unpaired) electrons. The smallest absolute Gasteiger partial charge is 0.244 e. The van der Waals surface area contributed by atoms with Crippen LogP contribution < -0.4 is 19.1 Å². The number of hydrogen-bond acceptors (Lipinski definition) is 6. The molecule has 0 unspecified atom stereocenters. The molecular weight excluding hydrogens is 505 g/mol. The number of nitrogens with one attached hydrogen (secondary N) is 1. The highest BCUT2D eigenvalue weighted by molar-refractivity contribution is 7.89. The van der Waals surface area contributed by atoms with Gasteiger partial charge in [0, 0.05) is 49.4 Å². The lowest BCUT2D eigenvalue weighted by molar-refractivity contribution is 0.139. The quantitative estimate of drug-likeness (QED) is 0.525. The normalized spacial score (nSPS) is 21.6. The molecule has 1 aliphatic heterocycles. The monoisotopic (exact) mass is 539 g/mol. The van der Waals surface area contributed by atoms with E-state index in [0.717, 1.165) is 57.5 Å². The molecule has 1 saturated carbocycles. The minimum atomic E-state index is -3.74. The van der Waals surface area contributed by atoms with E-state index >= 15 is 0 Å². The fraction of sp³-hybridized carbons (Fsp3) is 0.538. The molecule has 10 heteroatoms. The zero-order chi connectivity index (χ0) is 25.9. The number of nitrogens with zero attached hydrogens (tertiary/aromatic N) is 2. The van der Waals surface area contributed by atoms with Crippen LogP contribution in [-0.4, -0.2) is 64.8 Å². The molecule has 0 atom stereocenters. The maximum Gasteiger partial charge on any atom is 0.244 e. The third kappa shape index (κ3) is 6.43. The first kappa shape index (κ1) is 27.0. The van der Waals surface area contributed by atoms with Crippen LogP contribution in [0.25, 0.3) is 0 Å². The van der Waals surface area contributed by atoms with Crippen molar-refractivity contribution in [1.29, 1.82) is 0 Å². The Hall–Kier alpha value is -2.07. The maximum atomic E-state index is 13.8. The molecule has 1 N–H and O–H groups in total. The molecule has 36 heavy (non-hydrogen) atoms. The van der Waals surface area contributed by atoms with Gasteiger partial charge >= 0.3 is 0 Å². The van der Waals surface area contributed by atoms with Crippen molar-refractivity contribution >= 4 is 27.3 Å². The van der Waals surface area contributed by atoms with E-state index in [0.29, 0.717) is 16.8 Å². The molecule has 1 saturated heterocycles. The highest BCUT2D eigenvalue weighted by Crippen LogP contribution is 2.33. The highest BCUT2D eigenvalue weighted by atomic mass is 35.5. The summed E-state index contributed by atoms with van der Waals surface area (Å²) in [6.45, 7) is 7.35. The number of anilines is 1. The van der Waals surface area contributed by atoms with E-state index in [1.165, 1.54) is 25.3 Å². The molecule has 198 valence electrons. The van der Waals surface area contributed by atoms with E-state index < -0.39 is 10.0 Å². The van der Waals surface area contributed by atoms with Crippen LogP contribution in [0.2, 0.25) is 5.02 Å². The predicted octanol–water partition coefficient (Wildman–Crippen LogP) is 4.69. The zero-order valence-electron chi connectivity index (χ0n) is 21.0. The number of sulfonamides is 1. The minimum Gasteiger partial charge on any atom is -0.495 e. The largest absolute Gasteiger partial charge is 0.495 e. The highest BCUT2D eigenvalue weighted by Gasteiger charge is 2.32. The summed E-state index contributed by atoms with van der Waals surface area (Å²) in [6, 6.07) is 9.65. The molecular formula is C26H35ClFN3O4S. The Morgan fingerprint density at radius 3 is 2.33 bits per heavy atom. The number of rotatable bonds is 8. The molecule has 4 rings (SSSR count). The van der Waals surface area contributed by atoms with Gasteiger partial charge in [0.1, 0.15) is 22.2 Å². The van der Waals surface area contributed by atoms with Crippen molar-refractivity contribution in [3.05, 3.63) is 47.2 Å². The first-order valence-corrected chi connectivity index (χ1v) is 14.3. The third-order valence-electron chi connectivity index (χ3n) is 6.89. The number of methoxy groups -OCH3 is 1. The molecule has 0 spiro atoms. The molecule has 0 aromatic heterocycles. The summed E-state index contributed by atoms with van der Waals surface area (Å²) in [5.74, 6) is 0.568. The van der Waals surface area contributed by atoms with E-state index in [9.17, 15) is 12.8 Å². The van der Waals surface area contributed by atoms with Gasteiger partial charge < -0.3 is 14.4 Å². The van der Waals surface area contributed by atoms with Gasteiger partial charge in [0.05, 0.1) is 18.9 Å². The minimum absolute atomic E-state index is 0.0283. The van der Waals surface area contributed by atoms with E-state index in [2.05, 4.69) is 14.5 Å². The maximum absolute atomic E-state index is 13.8. The summed E-state index contributed by atoms with van der Waals surface area (Å²) in [5.41, 5.74) is 0.930. The van der Waals surface area contributed by atoms with Crippen molar-refractivity contribution in [3.63, 3.8) is 0 Å². The van der Waals surface area contributed by atoms with Crippen molar-refractivity contribution in [3.8, 4) is 11.5 Å². The lowest BCUT2D eigenvalue weighted by Gasteiger charge is -2.43. The Morgan fingerprint density at radius 2 is 1.69 bits per heavy atom. The second-order valence-corrected chi connectivity index (χ2v) is 11.8. The average molecular weight is 540 g/mol. The lowest BCUT2D eigenvalue weighted by atomic mass is 9.90. The molecule has 0 amide bonds. The van der Waals surface area contributed by atoms with Gasteiger partial charge in [-0.2, -0.15) is 0 Å². The van der Waals surface area contributed by atoms with Crippen molar-refractivity contribution in [2.24, 2.45) is 0 Å². The third-order valence-corrected chi connectivity index (χ3v) is 8.67. The van der Waals surface area contributed by atoms with Crippen LogP contribution in [0.4, 0.5) is 10.1 Å². The summed E-state index contributed by atoms with van der Waals surface area (Å²) in [7, 11) is -2.29. The SMILES string of the molecule is COc1ccc(Cl)cc1S(=O)(=O)NC1CCC(N2CCN(c3ccc(F)cc3OC(C)C)CC2)CC1. The Bertz CT molecular complexity index is 1150. The molecule has 0 bridgehead atoms. The summed E-state index contributed by atoms with van der Waals surface area (Å²) in [6.07, 6.45) is 3.38. The Morgan fingerprint density at radius 1 is 1.00 bits per heavy atom. The Balaban J connectivity index is 1.31. The van der Waals surface area contributed by atoms with Crippen molar-refractivity contribution in [2.45, 2.75) is 62.6 Å². The molecule has 2 aromatic carbocycles. The van der Waals surface area contributed by atoms with E-state index in [1.807, 2.05) is 13.8 Å². The fourth-order valence-electron chi connectivity index (χ4n) is 5.13. The van der Waals surface area contributed by atoms with Crippen LogP contribution in [0.15, 0.2) is 41.3 Å². The lowest BCUT2D eigenvalue weighted by Crippen LogP contribution is -2.52. The summed E-state index contributed by atoms with van der Waals surface area (Å²) in [5, 5.41) is 0.350. The van der Waals surface area contributed by atoms with E-state index in [4.69, 9.17) is 21.1 Å². The molecule has 2 aromatic rings. The van der Waals surface area contributed by atoms with Gasteiger partial charge in [-0.15, -0.1) is 0 Å². The number of hydrogen-bond donors (Lipinski definition) is 1. The predicted molar refractivity (Wildman–Crippen MR) is 140 cm³/mol. The fourth-order valence-corrected chi connectivity index (χ4v) is 6.86. The van der Waals surface area contributed by atoms with Gasteiger partial charge in [0.25, 0.3) is 0 Å². The first-order valence-electron chi connectivity index (χ1n) is 12.5. The average Bonchev–Trinajstić information content (AvgIpc) is 2.84. The van der Waals surface area contributed by atoms with Gasteiger partial charge in [-0.1, -0.05) is 11.6 Å². The number of piperazine rings is 1. The summed E-state index contributed by atoms with van der Waals surface area (Å²) in [4.78, 5) is 4.82. The zero-order valence-corrected chi connectivity index (χ0v) is 22.6. The van der Waals surface area contributed by atoms with Crippen molar-refractivity contribution < 1.29 is 22.3 Å². The molecule has 7 nitrogen and oxygen atoms in total. The number of benzene rings is 2. The number of halogens is 2. The van der Waals surface area contributed by atoms with Gasteiger partial charge in [-0.25, -0.2) is 17.5 Å². The van der Waals surface area contributed by atoms with Crippen molar-refractivity contribution in [2.75, 3.05) is 38.2 Å². The Kier molecular flexibility index (Phi) is 8.65. The second kappa shape index (κ2) is 11.5. The summed E-state index contributed by atoms with van der Waals surface area (Å²) >= 11 is 6.03. The topological polar surface area (TPSA) is 71.1 Å². The number of ether oxygens (including phenoxy) is 2. The van der Waals surface area contributed by atoms with Crippen LogP contribution in [0.1, 0.15) is 39.5 Å². The van der Waals surface area contributed by atoms with Crippen molar-refractivity contribution in [1.82, 2.24) is 9.62 Å². The van der Waals surface area contributed by atoms with Crippen LogP contribution >= 0.6 is 11.6 Å². The second-order valence-electron chi connectivity index (χ2n) is 9.72. The van der Waals surface area contributed by atoms with Crippen LogP contribution in [0.5, 0.6) is 11.5 Å². The standard InChI is InChI=1S/C26H35ClFN3O4S/c1-18(2)35-25-17-20(28)5-10-23(25)31-14-12-30(13-15-31)22-8-6-21(7-9-22)29-36(32,33)26-16-19(27)4-11-24(26)34-3/h4-5,10-11,16-18,21-22,29H,6-9,12-15H2,1-3H3. The van der Waals surface area contributed by atoms with Crippen LogP contribution in [-0.2, 0) is 10.0 Å². The van der Waals surface area contributed by atoms with Gasteiger partial charge in [0.2, 0.25) is 10.0 Å².